The molecule has 3 heterocycles. The molecule has 2 fully saturated rings. The molecule has 21 nitrogen and oxygen atoms in total. The van der Waals surface area contributed by atoms with Gasteiger partial charge in [0, 0.05) is 112 Å². The highest BCUT2D eigenvalue weighted by Crippen LogP contribution is 2.30. The van der Waals surface area contributed by atoms with E-state index in [1.807, 2.05) is 90.9 Å². The highest BCUT2D eigenvalue weighted by molar-refractivity contribution is 6.12. The number of unbranched alkanes of at least 4 members (excludes halogenated alkanes) is 2. The maximum absolute atomic E-state index is 14.8. The highest BCUT2D eigenvalue weighted by atomic mass is 16.6. The third-order valence-corrected chi connectivity index (χ3v) is 15.8. The summed E-state index contributed by atoms with van der Waals surface area (Å²) < 4.78 is 17.9. The summed E-state index contributed by atoms with van der Waals surface area (Å²) in [5.74, 6) is -2.38. The number of guanidine groups is 1. The monoisotopic (exact) mass is 1150 g/mol. The van der Waals surface area contributed by atoms with E-state index in [0.29, 0.717) is 95.9 Å². The lowest BCUT2D eigenvalue weighted by Crippen LogP contribution is -2.56. The Balaban J connectivity index is 1.21. The summed E-state index contributed by atoms with van der Waals surface area (Å²) in [5, 5.41) is 8.88. The van der Waals surface area contributed by atoms with Crippen LogP contribution in [0.3, 0.4) is 0 Å². The van der Waals surface area contributed by atoms with E-state index < -0.39 is 59.7 Å². The van der Waals surface area contributed by atoms with Crippen molar-refractivity contribution in [1.29, 1.82) is 0 Å². The van der Waals surface area contributed by atoms with Gasteiger partial charge in [-0.1, -0.05) is 89.9 Å². The van der Waals surface area contributed by atoms with Gasteiger partial charge < -0.3 is 54.7 Å². The molecule has 458 valence electrons. The van der Waals surface area contributed by atoms with Crippen LogP contribution in [0.1, 0.15) is 118 Å². The van der Waals surface area contributed by atoms with E-state index >= 15 is 0 Å². The molecular formula is C62H94N10O11. The van der Waals surface area contributed by atoms with Crippen LogP contribution in [0.25, 0.3) is 0 Å². The van der Waals surface area contributed by atoms with E-state index in [2.05, 4.69) is 27.8 Å². The molecule has 3 aliphatic rings. The van der Waals surface area contributed by atoms with Crippen LogP contribution in [0, 0.1) is 17.8 Å². The molecule has 83 heavy (non-hydrogen) atoms. The second-order valence-corrected chi connectivity index (χ2v) is 23.7. The first-order chi connectivity index (χ1) is 39.4. The van der Waals surface area contributed by atoms with Crippen molar-refractivity contribution in [3.63, 3.8) is 0 Å². The Morgan fingerprint density at radius 1 is 0.783 bits per heavy atom. The number of anilines is 1. The summed E-state index contributed by atoms with van der Waals surface area (Å²) in [6, 6.07) is 13.8. The standard InChI is InChI=1S/C62H94N10O11/c1-14-42(4)55(68(11)59(79)54(41(2)3)66-60(67(9)10)69-34-36-70(37-35-69)61(80)83-62(6,7)8)49(81-12)39-53(76)71-33-21-24-48(71)56(82-13)43(5)57(77)65-47(38-44-22-17-15-18-23-44)58(78)64-46-28-26-45(27-29-46)40-63-50(73)25-19-16-20-32-72-51(74)30-31-52(72)75/h15,17-18,22-23,26-31,41-43,47-49,54-56H,14,16,19-21,24-25,32-40H2,1-13H3,(H,63,73)(H,64,78)(H,65,77)/b66-60-/t42?,43?,47?,48-,49?,54?,55?,56?/m0/s1. The first-order valence-corrected chi connectivity index (χ1v) is 29.5. The third-order valence-electron chi connectivity index (χ3n) is 15.8. The number of aliphatic imine (C=N–C) groups is 1. The maximum atomic E-state index is 14.8. The van der Waals surface area contributed by atoms with Crippen molar-refractivity contribution in [2.24, 2.45) is 22.7 Å². The number of benzene rings is 2. The number of nitrogens with one attached hydrogen (secondary N) is 3. The number of likely N-dealkylation sites (N-methyl/N-ethyl adjacent to an activating group) is 1. The Bertz CT molecular complexity index is 2540. The van der Waals surface area contributed by atoms with Gasteiger partial charge in [-0.05, 0) is 81.5 Å². The molecule has 8 amide bonds. The Kier molecular flexibility index (Phi) is 25.6. The summed E-state index contributed by atoms with van der Waals surface area (Å²) in [6.45, 7) is 18.3. The van der Waals surface area contributed by atoms with Crippen molar-refractivity contribution >= 4 is 59.1 Å². The Hall–Kier alpha value is -6.87. The SMILES string of the molecule is CCC(C)C(C(CC(=O)N1CCC[C@H]1C(OC)C(C)C(=O)NC(Cc1ccccc1)C(=O)Nc1ccc(CNC(=O)CCCCCN2C(=O)C=CC2=O)cc1)OC)N(C)C(=O)C(/N=C(/N(C)C)N1CCN(C(=O)OC(C)(C)C)CC1)C(C)C. The Labute approximate surface area is 492 Å². The smallest absolute Gasteiger partial charge is 0.410 e. The van der Waals surface area contributed by atoms with Crippen molar-refractivity contribution < 1.29 is 52.6 Å². The molecule has 0 radical (unpaired) electrons. The number of hydrogen-bond donors (Lipinski definition) is 3. The number of ether oxygens (including phenoxy) is 3. The predicted octanol–water partition coefficient (Wildman–Crippen LogP) is 5.87. The number of hydrogen-bond acceptors (Lipinski definition) is 12. The summed E-state index contributed by atoms with van der Waals surface area (Å²) >= 11 is 0. The first kappa shape index (κ1) is 66.9. The molecule has 3 N–H and O–H groups in total. The van der Waals surface area contributed by atoms with Crippen molar-refractivity contribution in [3.05, 3.63) is 77.9 Å². The van der Waals surface area contributed by atoms with Crippen LogP contribution < -0.4 is 16.0 Å². The fraction of sp³-hybridized carbons (Fsp3) is 0.629. The van der Waals surface area contributed by atoms with Crippen LogP contribution in [0.2, 0.25) is 0 Å². The quantitative estimate of drug-likeness (QED) is 0.0412. The average Bonchev–Trinajstić information content (AvgIpc) is 4.27. The average molecular weight is 1160 g/mol. The molecular weight excluding hydrogens is 1060 g/mol. The second-order valence-electron chi connectivity index (χ2n) is 23.7. The number of methoxy groups -OCH3 is 2. The van der Waals surface area contributed by atoms with E-state index in [-0.39, 0.29) is 66.9 Å². The molecule has 2 aromatic rings. The van der Waals surface area contributed by atoms with Crippen LogP contribution in [0.5, 0.6) is 0 Å². The topological polar surface area (TPSA) is 232 Å². The van der Waals surface area contributed by atoms with Crippen LogP contribution in [0.4, 0.5) is 10.5 Å². The van der Waals surface area contributed by atoms with Crippen LogP contribution in [-0.4, -0.2) is 199 Å². The van der Waals surface area contributed by atoms with Crippen molar-refractivity contribution in [3.8, 4) is 0 Å². The fourth-order valence-electron chi connectivity index (χ4n) is 11.0. The largest absolute Gasteiger partial charge is 0.444 e. The zero-order chi connectivity index (χ0) is 61.1. The van der Waals surface area contributed by atoms with Gasteiger partial charge >= 0.3 is 6.09 Å². The van der Waals surface area contributed by atoms with Crippen molar-refractivity contribution in [2.75, 3.05) is 79.9 Å². The minimum atomic E-state index is -0.977. The molecule has 3 aliphatic heterocycles. The van der Waals surface area contributed by atoms with Crippen LogP contribution in [-0.2, 0) is 60.7 Å². The van der Waals surface area contributed by atoms with Crippen LogP contribution in [0.15, 0.2) is 71.7 Å². The van der Waals surface area contributed by atoms with E-state index in [4.69, 9.17) is 19.2 Å². The molecule has 0 aromatic heterocycles. The van der Waals surface area contributed by atoms with Gasteiger partial charge in [-0.3, -0.25) is 38.5 Å². The minimum absolute atomic E-state index is 0.0270. The number of nitrogens with zero attached hydrogens (tertiary/aromatic N) is 7. The van der Waals surface area contributed by atoms with E-state index in [1.54, 1.807) is 60.0 Å². The van der Waals surface area contributed by atoms with Gasteiger partial charge in [0.15, 0.2) is 5.96 Å². The molecule has 0 saturated carbocycles. The van der Waals surface area contributed by atoms with Gasteiger partial charge in [0.2, 0.25) is 29.5 Å². The molecule has 0 aliphatic carbocycles. The van der Waals surface area contributed by atoms with Gasteiger partial charge in [0.1, 0.15) is 17.7 Å². The van der Waals surface area contributed by atoms with Gasteiger partial charge in [-0.25, -0.2) is 9.79 Å². The number of carbonyl (C=O) groups is 8. The van der Waals surface area contributed by atoms with E-state index in [1.165, 1.54) is 24.2 Å². The van der Waals surface area contributed by atoms with Gasteiger partial charge in [0.25, 0.3) is 11.8 Å². The zero-order valence-corrected chi connectivity index (χ0v) is 51.5. The lowest BCUT2D eigenvalue weighted by atomic mass is 9.89. The molecule has 2 aromatic carbocycles. The van der Waals surface area contributed by atoms with Crippen molar-refractivity contribution in [1.82, 2.24) is 40.0 Å². The first-order valence-electron chi connectivity index (χ1n) is 29.5. The summed E-state index contributed by atoms with van der Waals surface area (Å²) in [6.07, 6.45) is 5.13. The number of likely N-dealkylation sites (tertiary alicyclic amines) is 1. The minimum Gasteiger partial charge on any atom is -0.444 e. The van der Waals surface area contributed by atoms with Crippen LogP contribution >= 0.6 is 0 Å². The number of amides is 8. The van der Waals surface area contributed by atoms with Gasteiger partial charge in [0.05, 0.1) is 36.6 Å². The Morgan fingerprint density at radius 3 is 2.00 bits per heavy atom. The summed E-state index contributed by atoms with van der Waals surface area (Å²) in [5.41, 5.74) is 1.55. The third kappa shape index (κ3) is 19.3. The highest BCUT2D eigenvalue weighted by Gasteiger charge is 2.43. The molecule has 2 saturated heterocycles. The molecule has 7 unspecified atom stereocenters. The Morgan fingerprint density at radius 2 is 1.42 bits per heavy atom. The lowest BCUT2D eigenvalue weighted by molar-refractivity contribution is -0.146. The van der Waals surface area contributed by atoms with Crippen molar-refractivity contribution in [2.45, 2.75) is 162 Å². The predicted molar refractivity (Wildman–Crippen MR) is 319 cm³/mol. The second kappa shape index (κ2) is 31.7. The number of piperazine rings is 1. The van der Waals surface area contributed by atoms with Gasteiger partial charge in [-0.15, -0.1) is 0 Å². The van der Waals surface area contributed by atoms with Gasteiger partial charge in [-0.2, -0.15) is 0 Å². The van der Waals surface area contributed by atoms with E-state index in [0.717, 1.165) is 11.1 Å². The maximum Gasteiger partial charge on any atom is 0.410 e. The molecule has 0 bridgehead atoms. The number of rotatable bonds is 27. The molecule has 8 atom stereocenters. The zero-order valence-electron chi connectivity index (χ0n) is 51.5. The summed E-state index contributed by atoms with van der Waals surface area (Å²) in [7, 11) is 8.64. The van der Waals surface area contributed by atoms with E-state index in [9.17, 15) is 38.4 Å². The molecule has 5 rings (SSSR count). The molecule has 0 spiro atoms. The normalized spacial score (nSPS) is 18.3. The summed E-state index contributed by atoms with van der Waals surface area (Å²) in [4.78, 5) is 122. The lowest BCUT2D eigenvalue weighted by Gasteiger charge is -2.41. The number of imide groups is 1. The fourth-order valence-corrected chi connectivity index (χ4v) is 11.0. The number of carbonyl (C=O) groups excluding carboxylic acids is 8. The molecule has 21 heteroatoms.